The molecule has 0 radical (unpaired) electrons. The number of hydrogen-bond acceptors (Lipinski definition) is 4. The summed E-state index contributed by atoms with van der Waals surface area (Å²) < 4.78 is 5.15. The molecule has 1 aromatic carbocycles. The van der Waals surface area contributed by atoms with Crippen molar-refractivity contribution in [3.63, 3.8) is 0 Å². The Morgan fingerprint density at radius 3 is 2.57 bits per heavy atom. The van der Waals surface area contributed by atoms with Gasteiger partial charge in [0.1, 0.15) is 5.75 Å². The molecule has 0 aliphatic rings. The van der Waals surface area contributed by atoms with Crippen LogP contribution in [0.4, 0.5) is 0 Å². The summed E-state index contributed by atoms with van der Waals surface area (Å²) in [4.78, 5) is 24.5. The van der Waals surface area contributed by atoms with Crippen molar-refractivity contribution >= 4 is 34.8 Å². The number of carbonyl (C=O) groups excluding carboxylic acids is 2. The number of hydrogen-bond donors (Lipinski definition) is 2. The van der Waals surface area contributed by atoms with Crippen LogP contribution < -0.4 is 15.4 Å². The first-order valence-corrected chi connectivity index (χ1v) is 8.31. The van der Waals surface area contributed by atoms with Gasteiger partial charge < -0.3 is 15.4 Å². The van der Waals surface area contributed by atoms with Crippen molar-refractivity contribution in [3.8, 4) is 5.75 Å². The van der Waals surface area contributed by atoms with Gasteiger partial charge in [-0.1, -0.05) is 17.7 Å². The van der Waals surface area contributed by atoms with Gasteiger partial charge in [-0.05, 0) is 36.1 Å². The molecule has 7 heteroatoms. The Morgan fingerprint density at radius 2 is 1.91 bits per heavy atom. The van der Waals surface area contributed by atoms with Gasteiger partial charge in [0.25, 0.3) is 11.8 Å². The second-order valence-corrected chi connectivity index (χ2v) is 6.07. The lowest BCUT2D eigenvalue weighted by Crippen LogP contribution is -2.29. The summed E-state index contributed by atoms with van der Waals surface area (Å²) in [7, 11) is 1.49. The van der Waals surface area contributed by atoms with E-state index in [2.05, 4.69) is 10.6 Å². The molecule has 23 heavy (non-hydrogen) atoms. The maximum Gasteiger partial charge on any atom is 0.261 e. The summed E-state index contributed by atoms with van der Waals surface area (Å²) in [5, 5.41) is 7.96. The molecule has 2 N–H and O–H groups in total. The van der Waals surface area contributed by atoms with E-state index >= 15 is 0 Å². The van der Waals surface area contributed by atoms with Crippen molar-refractivity contribution < 1.29 is 14.3 Å². The van der Waals surface area contributed by atoms with E-state index in [-0.39, 0.29) is 11.8 Å². The Labute approximate surface area is 143 Å². The average Bonchev–Trinajstić information content (AvgIpc) is 3.08. The molecule has 0 aliphatic carbocycles. The van der Waals surface area contributed by atoms with E-state index in [4.69, 9.17) is 16.3 Å². The summed E-state index contributed by atoms with van der Waals surface area (Å²) in [5.74, 6) is 0.106. The van der Waals surface area contributed by atoms with Crippen molar-refractivity contribution in [2.45, 2.75) is 6.42 Å². The van der Waals surface area contributed by atoms with Crippen LogP contribution in [-0.2, 0) is 0 Å². The summed E-state index contributed by atoms with van der Waals surface area (Å²) >= 11 is 7.26. The minimum absolute atomic E-state index is 0.0919. The fourth-order valence-corrected chi connectivity index (χ4v) is 2.74. The molecule has 0 atom stereocenters. The van der Waals surface area contributed by atoms with E-state index in [9.17, 15) is 9.59 Å². The zero-order valence-electron chi connectivity index (χ0n) is 12.6. The molecule has 1 aromatic heterocycles. The molecule has 5 nitrogen and oxygen atoms in total. The first-order valence-electron chi connectivity index (χ1n) is 7.05. The molecule has 2 aromatic rings. The van der Waals surface area contributed by atoms with Gasteiger partial charge in [-0.2, -0.15) is 0 Å². The zero-order valence-corrected chi connectivity index (χ0v) is 14.2. The highest BCUT2D eigenvalue weighted by atomic mass is 35.5. The van der Waals surface area contributed by atoms with E-state index in [0.717, 1.165) is 0 Å². The largest absolute Gasteiger partial charge is 0.496 e. The van der Waals surface area contributed by atoms with Crippen LogP contribution in [0.3, 0.4) is 0 Å². The fourth-order valence-electron chi connectivity index (χ4n) is 1.93. The minimum atomic E-state index is -0.233. The Hall–Kier alpha value is -2.05. The molecular weight excluding hydrogens is 336 g/mol. The van der Waals surface area contributed by atoms with Crippen LogP contribution in [0.2, 0.25) is 5.02 Å². The maximum atomic E-state index is 12.1. The van der Waals surface area contributed by atoms with Crippen LogP contribution in [0.15, 0.2) is 35.7 Å². The van der Waals surface area contributed by atoms with Gasteiger partial charge in [-0.25, -0.2) is 0 Å². The summed E-state index contributed by atoms with van der Waals surface area (Å²) in [6, 6.07) is 8.46. The lowest BCUT2D eigenvalue weighted by molar-refractivity contribution is 0.0950. The van der Waals surface area contributed by atoms with E-state index < -0.39 is 0 Å². The molecule has 2 amide bonds. The Bertz CT molecular complexity index is 674. The van der Waals surface area contributed by atoms with Gasteiger partial charge in [0.15, 0.2) is 0 Å². The first-order chi connectivity index (χ1) is 11.1. The Balaban J connectivity index is 1.74. The predicted molar refractivity (Wildman–Crippen MR) is 91.6 cm³/mol. The van der Waals surface area contributed by atoms with Crippen LogP contribution in [0, 0.1) is 0 Å². The van der Waals surface area contributed by atoms with Crippen molar-refractivity contribution in [1.29, 1.82) is 0 Å². The Kier molecular flexibility index (Phi) is 6.43. The van der Waals surface area contributed by atoms with E-state index in [1.807, 2.05) is 11.4 Å². The number of benzene rings is 1. The van der Waals surface area contributed by atoms with Crippen LogP contribution in [0.25, 0.3) is 0 Å². The number of methoxy groups -OCH3 is 1. The van der Waals surface area contributed by atoms with Crippen LogP contribution in [0.5, 0.6) is 5.75 Å². The quantitative estimate of drug-likeness (QED) is 0.753. The third-order valence-electron chi connectivity index (χ3n) is 3.08. The molecule has 0 saturated carbocycles. The normalized spacial score (nSPS) is 10.2. The molecule has 1 heterocycles. The summed E-state index contributed by atoms with van der Waals surface area (Å²) in [6.45, 7) is 0.949. The number of halogens is 1. The lowest BCUT2D eigenvalue weighted by Gasteiger charge is -2.10. The van der Waals surface area contributed by atoms with Gasteiger partial charge in [-0.3, -0.25) is 9.59 Å². The van der Waals surface area contributed by atoms with E-state index in [1.54, 1.807) is 24.3 Å². The molecule has 0 unspecified atom stereocenters. The number of nitrogens with one attached hydrogen (secondary N) is 2. The molecule has 0 bridgehead atoms. The van der Waals surface area contributed by atoms with Gasteiger partial charge in [0.05, 0.1) is 17.6 Å². The molecule has 0 aliphatic heterocycles. The number of ether oxygens (including phenoxy) is 1. The second kappa shape index (κ2) is 8.55. The SMILES string of the molecule is COc1cc(Cl)ccc1C(=O)NCCCNC(=O)c1cccs1. The van der Waals surface area contributed by atoms with Crippen molar-refractivity contribution in [1.82, 2.24) is 10.6 Å². The van der Waals surface area contributed by atoms with E-state index in [0.29, 0.717) is 40.7 Å². The van der Waals surface area contributed by atoms with Crippen LogP contribution in [-0.4, -0.2) is 32.0 Å². The minimum Gasteiger partial charge on any atom is -0.496 e. The number of amides is 2. The van der Waals surface area contributed by atoms with Crippen LogP contribution in [0.1, 0.15) is 26.5 Å². The standard InChI is InChI=1S/C16H17ClN2O3S/c1-22-13-10-11(17)5-6-12(13)15(20)18-7-3-8-19-16(21)14-4-2-9-23-14/h2,4-6,9-10H,3,7-8H2,1H3,(H,18,20)(H,19,21). The molecule has 0 spiro atoms. The topological polar surface area (TPSA) is 67.4 Å². The monoisotopic (exact) mass is 352 g/mol. The van der Waals surface area contributed by atoms with Gasteiger partial charge >= 0.3 is 0 Å². The second-order valence-electron chi connectivity index (χ2n) is 4.69. The van der Waals surface area contributed by atoms with Gasteiger partial charge in [-0.15, -0.1) is 11.3 Å². The molecule has 2 rings (SSSR count). The molecular formula is C16H17ClN2O3S. The number of thiophene rings is 1. The Morgan fingerprint density at radius 1 is 1.17 bits per heavy atom. The van der Waals surface area contributed by atoms with Crippen molar-refractivity contribution in [2.75, 3.05) is 20.2 Å². The molecule has 0 saturated heterocycles. The smallest absolute Gasteiger partial charge is 0.261 e. The first kappa shape index (κ1) is 17.3. The molecule has 0 fully saturated rings. The lowest BCUT2D eigenvalue weighted by atomic mass is 10.2. The van der Waals surface area contributed by atoms with Crippen molar-refractivity contribution in [2.24, 2.45) is 0 Å². The number of rotatable bonds is 7. The van der Waals surface area contributed by atoms with Gasteiger partial charge in [0.2, 0.25) is 0 Å². The third kappa shape index (κ3) is 4.97. The predicted octanol–water partition coefficient (Wildman–Crippen LogP) is 2.96. The summed E-state index contributed by atoms with van der Waals surface area (Å²) in [5.41, 5.74) is 0.430. The average molecular weight is 353 g/mol. The highest BCUT2D eigenvalue weighted by molar-refractivity contribution is 7.12. The summed E-state index contributed by atoms with van der Waals surface area (Å²) in [6.07, 6.45) is 0.638. The maximum absolute atomic E-state index is 12.1. The third-order valence-corrected chi connectivity index (χ3v) is 4.18. The zero-order chi connectivity index (χ0) is 16.7. The van der Waals surface area contributed by atoms with E-state index in [1.165, 1.54) is 18.4 Å². The molecule has 122 valence electrons. The van der Waals surface area contributed by atoms with Gasteiger partial charge in [0, 0.05) is 18.1 Å². The number of carbonyl (C=O) groups is 2. The fraction of sp³-hybridized carbons (Fsp3) is 0.250. The van der Waals surface area contributed by atoms with Crippen molar-refractivity contribution in [3.05, 3.63) is 51.2 Å². The highest BCUT2D eigenvalue weighted by Gasteiger charge is 2.12. The van der Waals surface area contributed by atoms with Crippen LogP contribution >= 0.6 is 22.9 Å². The highest BCUT2D eigenvalue weighted by Crippen LogP contribution is 2.22.